The molecule has 0 bridgehead atoms. The number of methoxy groups -OCH3 is 1. The molecular weight excluding hydrogens is 482 g/mol. The zero-order chi connectivity index (χ0) is 25.0. The number of nitrogens with zero attached hydrogens (tertiary/aromatic N) is 3. The van der Waals surface area contributed by atoms with Crippen LogP contribution in [0.25, 0.3) is 10.2 Å². The minimum atomic E-state index is -3.60. The average molecular weight is 510 g/mol. The second kappa shape index (κ2) is 10.6. The van der Waals surface area contributed by atoms with Crippen LogP contribution in [-0.4, -0.2) is 43.8 Å². The van der Waals surface area contributed by atoms with Crippen LogP contribution in [0.4, 0.5) is 5.13 Å². The van der Waals surface area contributed by atoms with Gasteiger partial charge >= 0.3 is 0 Å². The minimum Gasteiger partial charge on any atom is -0.497 e. The fourth-order valence-corrected chi connectivity index (χ4v) is 6.22. The molecule has 0 aliphatic heterocycles. The molecule has 0 spiro atoms. The number of sulfonamides is 1. The first-order valence-corrected chi connectivity index (χ1v) is 13.5. The molecule has 3 aromatic carbocycles. The summed E-state index contributed by atoms with van der Waals surface area (Å²) < 4.78 is 33.3. The third-order valence-electron chi connectivity index (χ3n) is 5.69. The number of amides is 1. The Balaban J connectivity index is 1.70. The van der Waals surface area contributed by atoms with Crippen LogP contribution >= 0.6 is 11.3 Å². The van der Waals surface area contributed by atoms with Gasteiger partial charge < -0.3 is 4.74 Å². The highest BCUT2D eigenvalue weighted by Crippen LogP contribution is 2.33. The summed E-state index contributed by atoms with van der Waals surface area (Å²) in [5.41, 5.74) is 2.12. The quantitative estimate of drug-likeness (QED) is 0.311. The number of aromatic nitrogens is 1. The molecule has 0 fully saturated rings. The van der Waals surface area contributed by atoms with E-state index in [0.717, 1.165) is 21.5 Å². The zero-order valence-corrected chi connectivity index (χ0v) is 21.5. The molecule has 0 atom stereocenters. The normalized spacial score (nSPS) is 11.7. The lowest BCUT2D eigenvalue weighted by Gasteiger charge is -2.21. The van der Waals surface area contributed by atoms with Gasteiger partial charge in [-0.3, -0.25) is 9.69 Å². The summed E-state index contributed by atoms with van der Waals surface area (Å²) in [5.74, 6) is 0.463. The van der Waals surface area contributed by atoms with Gasteiger partial charge in [-0.25, -0.2) is 13.4 Å². The van der Waals surface area contributed by atoms with Crippen LogP contribution in [0.5, 0.6) is 5.75 Å². The van der Waals surface area contributed by atoms with E-state index in [0.29, 0.717) is 30.3 Å². The standard InChI is InChI=1S/C26H27N3O4S2/c1-4-28(5-2)35(31,32)22-14-11-20(12-15-22)25(30)29(18-19-9-7-6-8-10-19)26-27-23-16-13-21(33-3)17-24(23)34-26/h6-17H,4-5,18H2,1-3H3. The maximum Gasteiger partial charge on any atom is 0.260 e. The molecule has 4 rings (SSSR count). The largest absolute Gasteiger partial charge is 0.497 e. The Labute approximate surface area is 209 Å². The van der Waals surface area contributed by atoms with Gasteiger partial charge in [0.15, 0.2) is 5.13 Å². The third-order valence-corrected chi connectivity index (χ3v) is 8.79. The number of hydrogen-bond acceptors (Lipinski definition) is 6. The molecule has 0 radical (unpaired) electrons. The number of hydrogen-bond donors (Lipinski definition) is 0. The SMILES string of the molecule is CCN(CC)S(=O)(=O)c1ccc(C(=O)N(Cc2ccccc2)c2nc3ccc(OC)cc3s2)cc1. The molecular formula is C26H27N3O4S2. The van der Waals surface area contributed by atoms with Gasteiger partial charge in [0.1, 0.15) is 5.75 Å². The van der Waals surface area contributed by atoms with E-state index in [1.54, 1.807) is 38.0 Å². The van der Waals surface area contributed by atoms with Crippen LogP contribution in [0.1, 0.15) is 29.8 Å². The van der Waals surface area contributed by atoms with Crippen molar-refractivity contribution in [1.82, 2.24) is 9.29 Å². The fourth-order valence-electron chi connectivity index (χ4n) is 3.77. The van der Waals surface area contributed by atoms with Crippen molar-refractivity contribution in [1.29, 1.82) is 0 Å². The molecule has 1 heterocycles. The first-order valence-electron chi connectivity index (χ1n) is 11.3. The van der Waals surface area contributed by atoms with Gasteiger partial charge in [0.2, 0.25) is 10.0 Å². The number of rotatable bonds is 9. The highest BCUT2D eigenvalue weighted by atomic mass is 32.2. The van der Waals surface area contributed by atoms with Gasteiger partial charge in [0, 0.05) is 18.7 Å². The first kappa shape index (κ1) is 24.8. The van der Waals surface area contributed by atoms with Crippen LogP contribution < -0.4 is 9.64 Å². The predicted octanol–water partition coefficient (Wildman–Crippen LogP) is 5.18. The van der Waals surface area contributed by atoms with E-state index in [4.69, 9.17) is 9.72 Å². The van der Waals surface area contributed by atoms with Gasteiger partial charge in [0.05, 0.1) is 28.8 Å². The fraction of sp³-hybridized carbons (Fsp3) is 0.231. The van der Waals surface area contributed by atoms with Gasteiger partial charge in [-0.1, -0.05) is 55.5 Å². The zero-order valence-electron chi connectivity index (χ0n) is 19.8. The summed E-state index contributed by atoms with van der Waals surface area (Å²) in [6.45, 7) is 4.69. The van der Waals surface area contributed by atoms with E-state index < -0.39 is 10.0 Å². The number of benzene rings is 3. The van der Waals surface area contributed by atoms with Crippen molar-refractivity contribution in [2.75, 3.05) is 25.1 Å². The molecule has 0 saturated heterocycles. The lowest BCUT2D eigenvalue weighted by atomic mass is 10.1. The van der Waals surface area contributed by atoms with Crippen molar-refractivity contribution < 1.29 is 17.9 Å². The molecule has 1 aromatic heterocycles. The number of anilines is 1. The molecule has 0 saturated carbocycles. The molecule has 35 heavy (non-hydrogen) atoms. The Bertz CT molecular complexity index is 1410. The van der Waals surface area contributed by atoms with Crippen molar-refractivity contribution in [3.63, 3.8) is 0 Å². The Morgan fingerprint density at radius 2 is 1.66 bits per heavy atom. The smallest absolute Gasteiger partial charge is 0.260 e. The summed E-state index contributed by atoms with van der Waals surface area (Å²) in [6.07, 6.45) is 0. The van der Waals surface area contributed by atoms with Gasteiger partial charge in [-0.2, -0.15) is 4.31 Å². The van der Waals surface area contributed by atoms with Crippen LogP contribution in [0.3, 0.4) is 0 Å². The van der Waals surface area contributed by atoms with Crippen molar-refractivity contribution in [2.45, 2.75) is 25.3 Å². The van der Waals surface area contributed by atoms with Crippen molar-refractivity contribution in [3.05, 3.63) is 83.9 Å². The second-order valence-corrected chi connectivity index (χ2v) is 10.8. The van der Waals surface area contributed by atoms with Gasteiger partial charge in [0.25, 0.3) is 5.91 Å². The van der Waals surface area contributed by atoms with Crippen molar-refractivity contribution >= 4 is 42.6 Å². The van der Waals surface area contributed by atoms with Gasteiger partial charge in [-0.15, -0.1) is 0 Å². The highest BCUT2D eigenvalue weighted by molar-refractivity contribution is 7.89. The van der Waals surface area contributed by atoms with Crippen LogP contribution in [0, 0.1) is 0 Å². The second-order valence-electron chi connectivity index (χ2n) is 7.82. The molecule has 9 heteroatoms. The predicted molar refractivity (Wildman–Crippen MR) is 140 cm³/mol. The Hall–Kier alpha value is -3.27. The molecule has 182 valence electrons. The molecule has 1 amide bonds. The average Bonchev–Trinajstić information content (AvgIpc) is 3.31. The molecule has 4 aromatic rings. The Kier molecular flexibility index (Phi) is 7.49. The number of carbonyl (C=O) groups excluding carboxylic acids is 1. The summed E-state index contributed by atoms with van der Waals surface area (Å²) >= 11 is 1.41. The molecule has 0 N–H and O–H groups in total. The molecule has 7 nitrogen and oxygen atoms in total. The number of carbonyl (C=O) groups is 1. The third kappa shape index (κ3) is 5.22. The monoisotopic (exact) mass is 509 g/mol. The van der Waals surface area contributed by atoms with Crippen molar-refractivity contribution in [3.8, 4) is 5.75 Å². The van der Waals surface area contributed by atoms with Crippen LogP contribution in [-0.2, 0) is 16.6 Å². The van der Waals surface area contributed by atoms with E-state index in [2.05, 4.69) is 0 Å². The first-order chi connectivity index (χ1) is 16.9. The van der Waals surface area contributed by atoms with Crippen LogP contribution in [0.15, 0.2) is 77.7 Å². The van der Waals surface area contributed by atoms with E-state index >= 15 is 0 Å². The Morgan fingerprint density at radius 1 is 0.971 bits per heavy atom. The van der Waals surface area contributed by atoms with E-state index in [-0.39, 0.29) is 10.8 Å². The maximum absolute atomic E-state index is 13.7. The maximum atomic E-state index is 13.7. The topological polar surface area (TPSA) is 79.8 Å². The lowest BCUT2D eigenvalue weighted by Crippen LogP contribution is -2.31. The summed E-state index contributed by atoms with van der Waals surface area (Å²) in [7, 11) is -1.99. The number of fused-ring (bicyclic) bond motifs is 1. The lowest BCUT2D eigenvalue weighted by molar-refractivity contribution is 0.0985. The van der Waals surface area contributed by atoms with Crippen LogP contribution in [0.2, 0.25) is 0 Å². The van der Waals surface area contributed by atoms with E-state index in [9.17, 15) is 13.2 Å². The summed E-state index contributed by atoms with van der Waals surface area (Å²) in [5, 5.41) is 0.557. The van der Waals surface area contributed by atoms with E-state index in [1.807, 2.05) is 48.5 Å². The summed E-state index contributed by atoms with van der Waals surface area (Å²) in [6, 6.07) is 21.4. The van der Waals surface area contributed by atoms with E-state index in [1.165, 1.54) is 27.8 Å². The minimum absolute atomic E-state index is 0.166. The summed E-state index contributed by atoms with van der Waals surface area (Å²) in [4.78, 5) is 20.2. The number of thiazole rings is 1. The number of ether oxygens (including phenoxy) is 1. The Morgan fingerprint density at radius 3 is 2.29 bits per heavy atom. The van der Waals surface area contributed by atoms with Gasteiger partial charge in [-0.05, 0) is 48.0 Å². The molecule has 0 aliphatic carbocycles. The molecule has 0 aliphatic rings. The highest BCUT2D eigenvalue weighted by Gasteiger charge is 2.25. The van der Waals surface area contributed by atoms with Crippen molar-refractivity contribution in [2.24, 2.45) is 0 Å². The molecule has 0 unspecified atom stereocenters.